The Hall–Kier alpha value is -2.94. The van der Waals surface area contributed by atoms with Crippen molar-refractivity contribution in [1.29, 1.82) is 0 Å². The molecule has 2 N–H and O–H groups in total. The lowest BCUT2D eigenvalue weighted by Crippen LogP contribution is -2.23. The zero-order valence-corrected chi connectivity index (χ0v) is 16.2. The Morgan fingerprint density at radius 2 is 2.07 bits per heavy atom. The predicted octanol–water partition coefficient (Wildman–Crippen LogP) is 4.04. The maximum absolute atomic E-state index is 13.3. The Morgan fingerprint density at radius 3 is 2.71 bits per heavy atom. The summed E-state index contributed by atoms with van der Waals surface area (Å²) < 4.78 is 35.8. The molecule has 146 valence electrons. The van der Waals surface area contributed by atoms with Gasteiger partial charge >= 0.3 is 0 Å². The standard InChI is InChI=1S/C19H19FN4O3S/c1-11-17-14(9-15(18(11)27-2)24-28(26)6-3-7-28)21-10-22-19(17)23-13-5-4-12(20)8-16(13)25/h4-5,8-10,25H,3,6-7H2,1-2H3,(H,21,22,23). The van der Waals surface area contributed by atoms with Gasteiger partial charge in [-0.1, -0.05) is 0 Å². The highest BCUT2D eigenvalue weighted by molar-refractivity contribution is 7.95. The van der Waals surface area contributed by atoms with Crippen LogP contribution in [0.5, 0.6) is 11.5 Å². The fourth-order valence-corrected chi connectivity index (χ4v) is 4.66. The van der Waals surface area contributed by atoms with E-state index in [4.69, 9.17) is 4.74 Å². The summed E-state index contributed by atoms with van der Waals surface area (Å²) in [6, 6.07) is 5.41. The summed E-state index contributed by atoms with van der Waals surface area (Å²) >= 11 is 0. The van der Waals surface area contributed by atoms with Crippen molar-refractivity contribution in [1.82, 2.24) is 9.97 Å². The first-order valence-electron chi connectivity index (χ1n) is 8.70. The van der Waals surface area contributed by atoms with Crippen LogP contribution in [0.25, 0.3) is 10.9 Å². The van der Waals surface area contributed by atoms with Crippen LogP contribution in [0.1, 0.15) is 12.0 Å². The minimum Gasteiger partial charge on any atom is -0.506 e. The zero-order valence-electron chi connectivity index (χ0n) is 15.4. The lowest BCUT2D eigenvalue weighted by Gasteiger charge is -2.20. The number of phenols is 1. The van der Waals surface area contributed by atoms with E-state index in [2.05, 4.69) is 19.6 Å². The number of anilines is 2. The summed E-state index contributed by atoms with van der Waals surface area (Å²) in [5, 5.41) is 13.7. The number of ether oxygens (including phenoxy) is 1. The van der Waals surface area contributed by atoms with E-state index in [1.807, 2.05) is 6.92 Å². The van der Waals surface area contributed by atoms with Gasteiger partial charge in [-0.15, -0.1) is 0 Å². The van der Waals surface area contributed by atoms with Gasteiger partial charge in [-0.25, -0.2) is 18.6 Å². The van der Waals surface area contributed by atoms with Gasteiger partial charge in [-0.2, -0.15) is 4.36 Å². The van der Waals surface area contributed by atoms with Crippen molar-refractivity contribution in [2.45, 2.75) is 13.3 Å². The van der Waals surface area contributed by atoms with E-state index < -0.39 is 15.5 Å². The molecule has 1 fully saturated rings. The molecule has 1 saturated heterocycles. The SMILES string of the molecule is COc1c(N=S2(=O)CCC2)cc2ncnc(Nc3ccc(F)cc3O)c2c1C. The topological polar surface area (TPSA) is 96.7 Å². The molecule has 2 aromatic carbocycles. The van der Waals surface area contributed by atoms with Gasteiger partial charge in [0.2, 0.25) is 0 Å². The number of halogens is 1. The van der Waals surface area contributed by atoms with E-state index in [0.29, 0.717) is 45.4 Å². The molecule has 0 radical (unpaired) electrons. The molecule has 1 aliphatic heterocycles. The first-order valence-corrected chi connectivity index (χ1v) is 10.6. The Morgan fingerprint density at radius 1 is 1.29 bits per heavy atom. The maximum atomic E-state index is 13.3. The molecule has 0 atom stereocenters. The number of aromatic hydroxyl groups is 1. The summed E-state index contributed by atoms with van der Waals surface area (Å²) in [4.78, 5) is 8.57. The minimum atomic E-state index is -2.21. The second-order valence-electron chi connectivity index (χ2n) is 6.58. The molecule has 7 nitrogen and oxygen atoms in total. The Bertz CT molecular complexity index is 1200. The van der Waals surface area contributed by atoms with Crippen molar-refractivity contribution in [3.63, 3.8) is 0 Å². The summed E-state index contributed by atoms with van der Waals surface area (Å²) in [5.74, 6) is 1.35. The number of hydrogen-bond acceptors (Lipinski definition) is 7. The number of phenolic OH excluding ortho intramolecular Hbond substituents is 1. The van der Waals surface area contributed by atoms with E-state index >= 15 is 0 Å². The molecule has 3 aromatic rings. The average molecular weight is 402 g/mol. The van der Waals surface area contributed by atoms with E-state index in [9.17, 15) is 13.7 Å². The molecular weight excluding hydrogens is 383 g/mol. The number of nitrogens with one attached hydrogen (secondary N) is 1. The number of nitrogens with zero attached hydrogens (tertiary/aromatic N) is 3. The number of aryl methyl sites for hydroxylation is 1. The Labute approximate surface area is 161 Å². The van der Waals surface area contributed by atoms with Crippen LogP contribution in [0.15, 0.2) is 35.0 Å². The van der Waals surface area contributed by atoms with E-state index in [1.54, 1.807) is 6.07 Å². The minimum absolute atomic E-state index is 0.232. The van der Waals surface area contributed by atoms with Crippen LogP contribution in [0.3, 0.4) is 0 Å². The normalized spacial score (nSPS) is 15.1. The molecule has 1 aromatic heterocycles. The van der Waals surface area contributed by atoms with Gasteiger partial charge < -0.3 is 15.2 Å². The quantitative estimate of drug-likeness (QED) is 0.640. The smallest absolute Gasteiger partial charge is 0.149 e. The molecule has 4 rings (SSSR count). The van der Waals surface area contributed by atoms with Gasteiger partial charge in [0.25, 0.3) is 0 Å². The van der Waals surface area contributed by atoms with Crippen molar-refractivity contribution in [2.75, 3.05) is 23.9 Å². The molecule has 1 aliphatic rings. The molecule has 0 saturated carbocycles. The van der Waals surface area contributed by atoms with Gasteiger partial charge in [-0.3, -0.25) is 0 Å². The number of methoxy groups -OCH3 is 1. The molecule has 28 heavy (non-hydrogen) atoms. The van der Waals surface area contributed by atoms with Crippen molar-refractivity contribution >= 4 is 37.8 Å². The first kappa shape index (κ1) is 18.4. The number of hydrogen-bond donors (Lipinski definition) is 2. The first-order chi connectivity index (χ1) is 13.4. The molecular formula is C19H19FN4O3S. The van der Waals surface area contributed by atoms with Crippen molar-refractivity contribution < 1.29 is 18.4 Å². The zero-order chi connectivity index (χ0) is 19.9. The number of aromatic nitrogens is 2. The van der Waals surface area contributed by atoms with Crippen LogP contribution < -0.4 is 10.1 Å². The summed E-state index contributed by atoms with van der Waals surface area (Å²) in [6.45, 7) is 1.84. The van der Waals surface area contributed by atoms with Gasteiger partial charge in [0.1, 0.15) is 35.1 Å². The van der Waals surface area contributed by atoms with Gasteiger partial charge in [0.05, 0.1) is 28.0 Å². The second kappa shape index (κ2) is 6.90. The molecule has 0 bridgehead atoms. The number of fused-ring (bicyclic) bond motifs is 1. The van der Waals surface area contributed by atoms with E-state index in [1.165, 1.54) is 25.6 Å². The molecule has 0 amide bonds. The lowest BCUT2D eigenvalue weighted by molar-refractivity contribution is 0.414. The highest BCUT2D eigenvalue weighted by Gasteiger charge is 2.22. The third-order valence-corrected chi connectivity index (χ3v) is 7.09. The van der Waals surface area contributed by atoms with Crippen LogP contribution in [0.4, 0.5) is 21.6 Å². The monoisotopic (exact) mass is 402 g/mol. The van der Waals surface area contributed by atoms with Crippen LogP contribution in [-0.4, -0.2) is 37.9 Å². The molecule has 0 aliphatic carbocycles. The third-order valence-electron chi connectivity index (χ3n) is 4.71. The Kier molecular flexibility index (Phi) is 4.54. The van der Waals surface area contributed by atoms with Crippen molar-refractivity contribution in [3.05, 3.63) is 42.0 Å². The fourth-order valence-electron chi connectivity index (χ4n) is 3.20. The van der Waals surface area contributed by atoms with Gasteiger partial charge in [-0.05, 0) is 31.5 Å². The molecule has 2 heterocycles. The summed E-state index contributed by atoms with van der Waals surface area (Å²) in [6.07, 6.45) is 2.29. The molecule has 9 heteroatoms. The molecule has 0 unspecified atom stereocenters. The molecule has 0 spiro atoms. The van der Waals surface area contributed by atoms with Crippen LogP contribution in [-0.2, 0) is 9.73 Å². The number of rotatable bonds is 4. The third kappa shape index (κ3) is 3.22. The lowest BCUT2D eigenvalue weighted by atomic mass is 10.1. The van der Waals surface area contributed by atoms with E-state index in [0.717, 1.165) is 18.1 Å². The van der Waals surface area contributed by atoms with E-state index in [-0.39, 0.29) is 5.75 Å². The van der Waals surface area contributed by atoms with Crippen LogP contribution in [0, 0.1) is 12.7 Å². The highest BCUT2D eigenvalue weighted by atomic mass is 32.2. The average Bonchev–Trinajstić information content (AvgIpc) is 2.63. The Balaban J connectivity index is 1.88. The largest absolute Gasteiger partial charge is 0.506 e. The van der Waals surface area contributed by atoms with Crippen molar-refractivity contribution in [3.8, 4) is 11.5 Å². The highest BCUT2D eigenvalue weighted by Crippen LogP contribution is 2.41. The van der Waals surface area contributed by atoms with Gasteiger partial charge in [0.15, 0.2) is 0 Å². The number of benzene rings is 2. The second-order valence-corrected chi connectivity index (χ2v) is 9.13. The predicted molar refractivity (Wildman–Crippen MR) is 107 cm³/mol. The van der Waals surface area contributed by atoms with Gasteiger partial charge in [0, 0.05) is 28.5 Å². The fraction of sp³-hybridized carbons (Fsp3) is 0.263. The van der Waals surface area contributed by atoms with Crippen LogP contribution >= 0.6 is 0 Å². The summed E-state index contributed by atoms with van der Waals surface area (Å²) in [7, 11) is -0.680. The maximum Gasteiger partial charge on any atom is 0.149 e. The summed E-state index contributed by atoms with van der Waals surface area (Å²) in [5.41, 5.74) is 2.14. The van der Waals surface area contributed by atoms with Crippen LogP contribution in [0.2, 0.25) is 0 Å². The van der Waals surface area contributed by atoms with Crippen molar-refractivity contribution in [2.24, 2.45) is 4.36 Å².